The molecule has 2 fully saturated rings. The van der Waals surface area contributed by atoms with Crippen molar-refractivity contribution in [2.75, 3.05) is 19.8 Å². The number of nitrogens with one attached hydrogen (secondary N) is 1. The second kappa shape index (κ2) is 8.39. The normalized spacial score (nSPS) is 21.3. The molecule has 2 saturated heterocycles. The summed E-state index contributed by atoms with van der Waals surface area (Å²) in [6.45, 7) is 1.13. The summed E-state index contributed by atoms with van der Waals surface area (Å²) in [5.41, 5.74) is 2.48. The fourth-order valence-electron chi connectivity index (χ4n) is 5.54. The monoisotopic (exact) mass is 485 g/mol. The Morgan fingerprint density at radius 1 is 1.11 bits per heavy atom. The molecule has 2 aromatic heterocycles. The van der Waals surface area contributed by atoms with Gasteiger partial charge in [-0.3, -0.25) is 5.10 Å². The minimum atomic E-state index is -1.07. The molecule has 2 aliphatic heterocycles. The lowest BCUT2D eigenvalue weighted by Crippen LogP contribution is -2.20. The first-order valence-electron chi connectivity index (χ1n) is 11.5. The van der Waals surface area contributed by atoms with Crippen LogP contribution >= 0.6 is 0 Å². The first kappa shape index (κ1) is 22.1. The maximum atomic E-state index is 16.1. The highest BCUT2D eigenvalue weighted by molar-refractivity contribution is 6.00. The van der Waals surface area contributed by atoms with Gasteiger partial charge in [0.1, 0.15) is 5.52 Å². The third kappa shape index (κ3) is 3.51. The van der Waals surface area contributed by atoms with E-state index in [0.29, 0.717) is 53.6 Å². The van der Waals surface area contributed by atoms with Crippen molar-refractivity contribution in [3.63, 3.8) is 0 Å². The predicted octanol–water partition coefficient (Wildman–Crippen LogP) is 4.78. The number of carboxylic acids is 1. The molecular weight excluding hydrogens is 463 g/mol. The predicted molar refractivity (Wildman–Crippen MR) is 120 cm³/mol. The van der Waals surface area contributed by atoms with E-state index in [1.54, 1.807) is 10.6 Å². The number of ether oxygens (including phenoxy) is 2. The summed E-state index contributed by atoms with van der Waals surface area (Å²) >= 11 is 0. The number of aromatic nitrogens is 3. The van der Waals surface area contributed by atoms with Gasteiger partial charge in [0, 0.05) is 53.3 Å². The summed E-state index contributed by atoms with van der Waals surface area (Å²) in [5.74, 6) is -4.02. The molecule has 0 radical (unpaired) electrons. The van der Waals surface area contributed by atoms with Crippen LogP contribution in [0.3, 0.4) is 0 Å². The summed E-state index contributed by atoms with van der Waals surface area (Å²) in [5, 5.41) is 17.0. The van der Waals surface area contributed by atoms with Crippen molar-refractivity contribution in [3.05, 3.63) is 59.2 Å². The molecule has 10 heteroatoms. The van der Waals surface area contributed by atoms with Crippen LogP contribution in [-0.2, 0) is 14.3 Å². The highest BCUT2D eigenvalue weighted by atomic mass is 19.2. The second-order valence-electron chi connectivity index (χ2n) is 9.13. The van der Waals surface area contributed by atoms with Crippen LogP contribution < -0.4 is 0 Å². The fraction of sp³-hybridized carbons (Fsp3) is 0.360. The van der Waals surface area contributed by atoms with Crippen LogP contribution in [0.25, 0.3) is 27.5 Å². The van der Waals surface area contributed by atoms with E-state index in [1.165, 1.54) is 12.3 Å². The molecule has 0 amide bonds. The molecule has 6 rings (SSSR count). The third-order valence-electron chi connectivity index (χ3n) is 7.13. The quantitative estimate of drug-likeness (QED) is 0.435. The lowest BCUT2D eigenvalue weighted by Gasteiger charge is -2.26. The number of nitrogens with zero attached hydrogens (tertiary/aromatic N) is 2. The van der Waals surface area contributed by atoms with Crippen LogP contribution in [0.1, 0.15) is 42.4 Å². The number of aliphatic carboxylic acids is 1. The van der Waals surface area contributed by atoms with E-state index >= 15 is 4.39 Å². The zero-order valence-electron chi connectivity index (χ0n) is 18.6. The Kier molecular flexibility index (Phi) is 5.30. The number of hydrogen-bond acceptors (Lipinski definition) is 4. The average Bonchev–Trinajstić information content (AvgIpc) is 3.59. The Morgan fingerprint density at radius 2 is 1.91 bits per heavy atom. The maximum absolute atomic E-state index is 16.1. The zero-order valence-corrected chi connectivity index (χ0v) is 18.6. The molecule has 0 saturated carbocycles. The van der Waals surface area contributed by atoms with E-state index in [0.717, 1.165) is 17.8 Å². The topological polar surface area (TPSA) is 89.4 Å². The maximum Gasteiger partial charge on any atom is 0.332 e. The summed E-state index contributed by atoms with van der Waals surface area (Å²) < 4.78 is 57.2. The van der Waals surface area contributed by atoms with Gasteiger partial charge < -0.3 is 19.1 Å². The number of halogens is 3. The number of carboxylic acid groups (broad SMARTS) is 1. The van der Waals surface area contributed by atoms with E-state index < -0.39 is 35.4 Å². The zero-order chi connectivity index (χ0) is 24.3. The Balaban J connectivity index is 1.70. The van der Waals surface area contributed by atoms with Crippen LogP contribution in [0, 0.1) is 17.5 Å². The number of carbonyl (C=O) groups is 1. The molecule has 4 aromatic rings. The number of aromatic amines is 1. The Bertz CT molecular complexity index is 1460. The van der Waals surface area contributed by atoms with Crippen molar-refractivity contribution >= 4 is 27.8 Å². The van der Waals surface area contributed by atoms with Gasteiger partial charge in [0.25, 0.3) is 0 Å². The van der Waals surface area contributed by atoms with Gasteiger partial charge in [0.15, 0.2) is 23.6 Å². The molecule has 2 aromatic carbocycles. The van der Waals surface area contributed by atoms with E-state index in [2.05, 4.69) is 10.2 Å². The van der Waals surface area contributed by atoms with Crippen molar-refractivity contribution in [1.29, 1.82) is 0 Å². The summed E-state index contributed by atoms with van der Waals surface area (Å²) in [6.07, 6.45) is 2.01. The highest BCUT2D eigenvalue weighted by Crippen LogP contribution is 2.46. The van der Waals surface area contributed by atoms with Crippen molar-refractivity contribution in [2.45, 2.75) is 37.2 Å². The van der Waals surface area contributed by atoms with Crippen molar-refractivity contribution in [2.24, 2.45) is 0 Å². The first-order valence-corrected chi connectivity index (χ1v) is 11.5. The van der Waals surface area contributed by atoms with E-state index in [4.69, 9.17) is 9.47 Å². The van der Waals surface area contributed by atoms with Gasteiger partial charge in [-0.25, -0.2) is 18.0 Å². The Morgan fingerprint density at radius 3 is 2.63 bits per heavy atom. The van der Waals surface area contributed by atoms with Crippen LogP contribution in [0.15, 0.2) is 30.5 Å². The Hall–Kier alpha value is -3.37. The van der Waals surface area contributed by atoms with Crippen LogP contribution in [0.4, 0.5) is 13.2 Å². The molecule has 7 nitrogen and oxygen atoms in total. The summed E-state index contributed by atoms with van der Waals surface area (Å²) in [6, 6.07) is 5.39. The van der Waals surface area contributed by atoms with E-state index in [-0.39, 0.29) is 24.5 Å². The molecule has 0 bridgehead atoms. The fourth-order valence-corrected chi connectivity index (χ4v) is 5.54. The number of hydrogen-bond donors (Lipinski definition) is 2. The molecule has 35 heavy (non-hydrogen) atoms. The lowest BCUT2D eigenvalue weighted by molar-refractivity contribution is -0.147. The molecule has 2 atom stereocenters. The molecule has 2 unspecified atom stereocenters. The third-order valence-corrected chi connectivity index (χ3v) is 7.13. The number of fused-ring (bicyclic) bond motifs is 2. The molecule has 4 heterocycles. The first-order chi connectivity index (χ1) is 16.9. The number of benzene rings is 2. The van der Waals surface area contributed by atoms with Gasteiger partial charge in [0.05, 0.1) is 18.3 Å². The van der Waals surface area contributed by atoms with E-state index in [1.807, 2.05) is 0 Å². The molecular formula is C25H22F3N3O4. The van der Waals surface area contributed by atoms with Gasteiger partial charge in [-0.05, 0) is 43.0 Å². The lowest BCUT2D eigenvalue weighted by atomic mass is 9.86. The summed E-state index contributed by atoms with van der Waals surface area (Å²) in [4.78, 5) is 11.6. The summed E-state index contributed by atoms with van der Waals surface area (Å²) in [7, 11) is 0. The largest absolute Gasteiger partial charge is 0.479 e. The second-order valence-corrected chi connectivity index (χ2v) is 9.13. The molecule has 2 N–H and O–H groups in total. The highest BCUT2D eigenvalue weighted by Gasteiger charge is 2.38. The van der Waals surface area contributed by atoms with E-state index in [9.17, 15) is 18.7 Å². The average molecular weight is 485 g/mol. The minimum absolute atomic E-state index is 0.0565. The van der Waals surface area contributed by atoms with Gasteiger partial charge in [-0.1, -0.05) is 0 Å². The smallest absolute Gasteiger partial charge is 0.332 e. The minimum Gasteiger partial charge on any atom is -0.479 e. The number of rotatable bonds is 4. The van der Waals surface area contributed by atoms with Gasteiger partial charge in [-0.15, -0.1) is 0 Å². The number of H-pyrrole nitrogens is 1. The van der Waals surface area contributed by atoms with Crippen LogP contribution in [0.2, 0.25) is 0 Å². The van der Waals surface area contributed by atoms with Crippen molar-refractivity contribution < 1.29 is 32.5 Å². The Labute approximate surface area is 197 Å². The molecule has 182 valence electrons. The van der Waals surface area contributed by atoms with Gasteiger partial charge >= 0.3 is 5.97 Å². The molecule has 2 aliphatic rings. The molecule has 0 spiro atoms. The van der Waals surface area contributed by atoms with Crippen LogP contribution in [0.5, 0.6) is 0 Å². The molecule has 0 aliphatic carbocycles. The van der Waals surface area contributed by atoms with Gasteiger partial charge in [-0.2, -0.15) is 5.10 Å². The van der Waals surface area contributed by atoms with Gasteiger partial charge in [0.2, 0.25) is 0 Å². The van der Waals surface area contributed by atoms with Crippen molar-refractivity contribution in [3.8, 4) is 5.69 Å². The standard InChI is InChI=1S/C25H22F3N3O4/c26-16-2-1-15(9-17(16)27)31-18-7-13-10-29-30-23(13)22(28)21(18)20(14-8-19(25(32)33)35-11-14)24(31)12-3-5-34-6-4-12/h1-2,7,9-10,12,14,19H,3-6,8,11H2,(H,29,30)(H,32,33). The van der Waals surface area contributed by atoms with Crippen molar-refractivity contribution in [1.82, 2.24) is 14.8 Å². The van der Waals surface area contributed by atoms with Crippen LogP contribution in [-0.4, -0.2) is 51.8 Å². The SMILES string of the molecule is O=C(O)C1CC(c2c(C3CCOCC3)n(-c3ccc(F)c(F)c3)c3cc4cn[nH]c4c(F)c23)CO1.